The summed E-state index contributed by atoms with van der Waals surface area (Å²) in [6.07, 6.45) is 1.70. The first-order valence-corrected chi connectivity index (χ1v) is 9.51. The minimum absolute atomic E-state index is 0. The zero-order valence-corrected chi connectivity index (χ0v) is 16.3. The molecule has 0 radical (unpaired) electrons. The predicted molar refractivity (Wildman–Crippen MR) is 109 cm³/mol. The third-order valence-corrected chi connectivity index (χ3v) is 5.72. The third-order valence-electron chi connectivity index (χ3n) is 5.72. The number of rotatable bonds is 5. The number of carbonyl (C=O) groups excluding carboxylic acids is 1. The lowest BCUT2D eigenvalue weighted by Gasteiger charge is -2.34. The molecule has 0 aromatic heterocycles. The average molecular weight is 387 g/mol. The summed E-state index contributed by atoms with van der Waals surface area (Å²) in [5.41, 5.74) is 3.09. The van der Waals surface area contributed by atoms with E-state index in [1.807, 2.05) is 48.5 Å². The number of aliphatic hydroxyl groups excluding tert-OH is 1. The van der Waals surface area contributed by atoms with Crippen molar-refractivity contribution in [3.8, 4) is 0 Å². The van der Waals surface area contributed by atoms with Crippen molar-refractivity contribution >= 4 is 18.2 Å². The molecule has 27 heavy (non-hydrogen) atoms. The summed E-state index contributed by atoms with van der Waals surface area (Å²) < 4.78 is 0. The second-order valence-electron chi connectivity index (χ2n) is 7.51. The van der Waals surface area contributed by atoms with Gasteiger partial charge in [0.15, 0.2) is 5.78 Å². The lowest BCUT2D eigenvalue weighted by molar-refractivity contribution is -0.00352. The van der Waals surface area contributed by atoms with Crippen molar-refractivity contribution in [3.63, 3.8) is 0 Å². The average Bonchev–Trinajstić information content (AvgIpc) is 3.00. The van der Waals surface area contributed by atoms with E-state index in [9.17, 15) is 9.90 Å². The number of benzene rings is 2. The van der Waals surface area contributed by atoms with Crippen LogP contribution in [0, 0.1) is 5.92 Å². The first-order valence-electron chi connectivity index (χ1n) is 9.51. The van der Waals surface area contributed by atoms with Gasteiger partial charge in [0.25, 0.3) is 0 Å². The highest BCUT2D eigenvalue weighted by Gasteiger charge is 2.31. The van der Waals surface area contributed by atoms with Gasteiger partial charge in [0, 0.05) is 18.7 Å². The molecule has 2 aliphatic heterocycles. The molecule has 0 bridgehead atoms. The smallest absolute Gasteiger partial charge is 0.176 e. The normalized spacial score (nSPS) is 20.9. The number of piperidine rings is 1. The fourth-order valence-electron chi connectivity index (χ4n) is 4.17. The Kier molecular flexibility index (Phi) is 6.66. The molecule has 1 unspecified atom stereocenters. The van der Waals surface area contributed by atoms with E-state index >= 15 is 0 Å². The van der Waals surface area contributed by atoms with Crippen molar-refractivity contribution in [2.45, 2.75) is 25.6 Å². The molecule has 0 saturated carbocycles. The zero-order chi connectivity index (χ0) is 17.9. The highest BCUT2D eigenvalue weighted by molar-refractivity contribution is 5.97. The number of aliphatic hydroxyl groups is 1. The molecular formula is C22H27ClN2O2. The van der Waals surface area contributed by atoms with E-state index in [1.54, 1.807) is 0 Å². The first kappa shape index (κ1) is 20.0. The van der Waals surface area contributed by atoms with Gasteiger partial charge in [0.05, 0.1) is 6.54 Å². The maximum absolute atomic E-state index is 12.4. The van der Waals surface area contributed by atoms with Gasteiger partial charge in [-0.15, -0.1) is 12.4 Å². The highest BCUT2D eigenvalue weighted by Crippen LogP contribution is 2.33. The third kappa shape index (κ3) is 4.58. The Morgan fingerprint density at radius 1 is 1.00 bits per heavy atom. The molecule has 4 nitrogen and oxygen atoms in total. The van der Waals surface area contributed by atoms with E-state index < -0.39 is 6.23 Å². The Morgan fingerprint density at radius 2 is 1.67 bits per heavy atom. The predicted octanol–water partition coefficient (Wildman–Crippen LogP) is 3.51. The molecule has 2 aliphatic rings. The van der Waals surface area contributed by atoms with Crippen LogP contribution in [0.3, 0.4) is 0 Å². The van der Waals surface area contributed by atoms with Crippen molar-refractivity contribution < 1.29 is 9.90 Å². The van der Waals surface area contributed by atoms with Crippen molar-refractivity contribution in [2.75, 3.05) is 26.2 Å². The Balaban J connectivity index is 0.00000210. The Bertz CT molecular complexity index is 760. The number of ketones is 1. The molecule has 2 aromatic rings. The van der Waals surface area contributed by atoms with Crippen LogP contribution >= 0.6 is 12.4 Å². The first-order chi connectivity index (χ1) is 12.7. The number of Topliss-reactive ketones (excluding diaryl/α,β-unsaturated/α-hetero) is 1. The van der Waals surface area contributed by atoms with Crippen LogP contribution in [0.2, 0.25) is 0 Å². The largest absolute Gasteiger partial charge is 0.374 e. The minimum Gasteiger partial charge on any atom is -0.374 e. The standard InChI is InChI=1S/C22H26N2O2.ClH/c25-21(18-6-2-1-3-7-18)16-23-12-10-17(11-13-23)14-24-15-19-8-4-5-9-20(19)22(24)26;/h1-9,17,22,26H,10-16H2;1H. The van der Waals surface area contributed by atoms with Gasteiger partial charge in [-0.3, -0.25) is 14.6 Å². The summed E-state index contributed by atoms with van der Waals surface area (Å²) in [5.74, 6) is 0.788. The van der Waals surface area contributed by atoms with Crippen molar-refractivity contribution in [1.29, 1.82) is 0 Å². The fraction of sp³-hybridized carbons (Fsp3) is 0.409. The molecule has 5 heteroatoms. The Morgan fingerprint density at radius 3 is 2.37 bits per heavy atom. The number of fused-ring (bicyclic) bond motifs is 1. The molecule has 1 N–H and O–H groups in total. The van der Waals surface area contributed by atoms with Crippen LogP contribution in [0.15, 0.2) is 54.6 Å². The summed E-state index contributed by atoms with van der Waals surface area (Å²) in [5, 5.41) is 10.5. The van der Waals surface area contributed by atoms with E-state index in [2.05, 4.69) is 15.9 Å². The molecule has 1 saturated heterocycles. The Labute approximate surface area is 167 Å². The van der Waals surface area contributed by atoms with Crippen LogP contribution < -0.4 is 0 Å². The second-order valence-corrected chi connectivity index (χ2v) is 7.51. The number of halogens is 1. The van der Waals surface area contributed by atoms with Crippen LogP contribution in [0.25, 0.3) is 0 Å². The van der Waals surface area contributed by atoms with Crippen molar-refractivity contribution in [3.05, 3.63) is 71.3 Å². The summed E-state index contributed by atoms with van der Waals surface area (Å²) in [7, 11) is 0. The van der Waals surface area contributed by atoms with E-state index in [1.165, 1.54) is 5.56 Å². The maximum atomic E-state index is 12.4. The van der Waals surface area contributed by atoms with Gasteiger partial charge in [0.2, 0.25) is 0 Å². The van der Waals surface area contributed by atoms with Crippen LogP contribution in [-0.2, 0) is 6.54 Å². The number of nitrogens with zero attached hydrogens (tertiary/aromatic N) is 2. The summed E-state index contributed by atoms with van der Waals surface area (Å²) in [6.45, 7) is 4.19. The van der Waals surface area contributed by atoms with Gasteiger partial charge in [-0.05, 0) is 43.0 Å². The van der Waals surface area contributed by atoms with E-state index in [-0.39, 0.29) is 18.2 Å². The number of hydrogen-bond donors (Lipinski definition) is 1. The molecule has 0 aliphatic carbocycles. The van der Waals surface area contributed by atoms with E-state index in [0.29, 0.717) is 12.5 Å². The molecule has 0 spiro atoms. The molecule has 4 rings (SSSR count). The quantitative estimate of drug-likeness (QED) is 0.798. The van der Waals surface area contributed by atoms with Crippen LogP contribution in [0.1, 0.15) is 40.6 Å². The zero-order valence-electron chi connectivity index (χ0n) is 15.5. The van der Waals surface area contributed by atoms with Gasteiger partial charge in [-0.2, -0.15) is 0 Å². The van der Waals surface area contributed by atoms with Gasteiger partial charge < -0.3 is 5.11 Å². The fourth-order valence-corrected chi connectivity index (χ4v) is 4.17. The van der Waals surface area contributed by atoms with Crippen molar-refractivity contribution in [1.82, 2.24) is 9.80 Å². The van der Waals surface area contributed by atoms with Gasteiger partial charge in [0.1, 0.15) is 6.23 Å². The van der Waals surface area contributed by atoms with Gasteiger partial charge in [-0.1, -0.05) is 54.6 Å². The monoisotopic (exact) mass is 386 g/mol. The molecule has 1 atom stereocenters. The van der Waals surface area contributed by atoms with E-state index in [4.69, 9.17) is 0 Å². The lowest BCUT2D eigenvalue weighted by Crippen LogP contribution is -2.40. The number of likely N-dealkylation sites (tertiary alicyclic amines) is 1. The van der Waals surface area contributed by atoms with Gasteiger partial charge >= 0.3 is 0 Å². The van der Waals surface area contributed by atoms with E-state index in [0.717, 1.165) is 50.1 Å². The number of hydrogen-bond acceptors (Lipinski definition) is 4. The van der Waals surface area contributed by atoms with Gasteiger partial charge in [-0.25, -0.2) is 0 Å². The topological polar surface area (TPSA) is 43.8 Å². The minimum atomic E-state index is -0.469. The molecule has 2 heterocycles. The maximum Gasteiger partial charge on any atom is 0.176 e. The summed E-state index contributed by atoms with van der Waals surface area (Å²) >= 11 is 0. The van der Waals surface area contributed by atoms with Crippen molar-refractivity contribution in [2.24, 2.45) is 5.92 Å². The second kappa shape index (κ2) is 8.98. The molecule has 1 fully saturated rings. The molecule has 2 aromatic carbocycles. The number of carbonyl (C=O) groups is 1. The summed E-state index contributed by atoms with van der Waals surface area (Å²) in [6, 6.07) is 17.7. The SMILES string of the molecule is Cl.O=C(CN1CCC(CN2Cc3ccccc3C2O)CC1)c1ccccc1. The molecule has 144 valence electrons. The highest BCUT2D eigenvalue weighted by atomic mass is 35.5. The summed E-state index contributed by atoms with van der Waals surface area (Å²) in [4.78, 5) is 16.8. The van der Waals surface area contributed by atoms with Crippen LogP contribution in [0.5, 0.6) is 0 Å². The van der Waals surface area contributed by atoms with Crippen LogP contribution in [0.4, 0.5) is 0 Å². The Hall–Kier alpha value is -1.72. The van der Waals surface area contributed by atoms with Crippen LogP contribution in [-0.4, -0.2) is 46.9 Å². The lowest BCUT2D eigenvalue weighted by atomic mass is 9.95. The molecule has 0 amide bonds. The molecular weight excluding hydrogens is 360 g/mol.